The van der Waals surface area contributed by atoms with Crippen LogP contribution in [0.4, 0.5) is 0 Å². The quantitative estimate of drug-likeness (QED) is 0.327. The van der Waals surface area contributed by atoms with Crippen LogP contribution in [0.25, 0.3) is 0 Å². The second-order valence-electron chi connectivity index (χ2n) is 10.3. The summed E-state index contributed by atoms with van der Waals surface area (Å²) in [4.78, 5) is 26.5. The molecule has 0 aromatic heterocycles. The molecule has 2 saturated carbocycles. The first-order valence-corrected chi connectivity index (χ1v) is 12.4. The zero-order valence-corrected chi connectivity index (χ0v) is 19.3. The largest absolute Gasteiger partial charge is 0.669 e. The van der Waals surface area contributed by atoms with Gasteiger partial charge in [0.15, 0.2) is 0 Å². The lowest BCUT2D eigenvalue weighted by Gasteiger charge is -2.41. The molecule has 4 aliphatic rings. The number of carbonyl (C=O) groups is 2. The van der Waals surface area contributed by atoms with E-state index in [2.05, 4.69) is 11.1 Å². The molecule has 1 saturated heterocycles. The number of nitrogens with one attached hydrogen (secondary N) is 1. The smallest absolute Gasteiger partial charge is 0.434 e. The number of ether oxygens (including phenoxy) is 1. The topological polar surface area (TPSA) is 156 Å². The number of carbonyl (C=O) groups excluding carboxylic acids is 1. The van der Waals surface area contributed by atoms with Gasteiger partial charge in [-0.2, -0.15) is 0 Å². The molecule has 2 aliphatic carbocycles. The lowest BCUT2D eigenvalue weighted by molar-refractivity contribution is -0.365. The molecule has 2 aliphatic heterocycles. The first-order chi connectivity index (χ1) is 16.3. The number of fused-ring (bicyclic) bond motifs is 3. The normalized spacial score (nSPS) is 29.3. The zero-order chi connectivity index (χ0) is 24.0. The molecule has 1 aromatic carbocycles. The lowest BCUT2D eigenvalue weighted by atomic mass is 9.68. The monoisotopic (exact) mass is 475 g/mol. The maximum atomic E-state index is 12.7. The maximum Gasteiger partial charge on any atom is 0.434 e. The van der Waals surface area contributed by atoms with Gasteiger partial charge in [-0.1, -0.05) is 18.3 Å². The van der Waals surface area contributed by atoms with Crippen LogP contribution in [0, 0.1) is 5.92 Å². The van der Waals surface area contributed by atoms with Crippen molar-refractivity contribution in [3.63, 3.8) is 0 Å². The van der Waals surface area contributed by atoms with Gasteiger partial charge in [0, 0.05) is 19.0 Å². The first-order valence-electron chi connectivity index (χ1n) is 12.4. The predicted octanol–water partition coefficient (Wildman–Crippen LogP) is -0.0718. The minimum absolute atomic E-state index is 0.0127. The fourth-order valence-electron chi connectivity index (χ4n) is 5.76. The average molecular weight is 475 g/mol. The molecule has 2 atom stereocenters. The van der Waals surface area contributed by atoms with Crippen molar-refractivity contribution in [2.24, 2.45) is 5.92 Å². The van der Waals surface area contributed by atoms with Crippen LogP contribution in [-0.4, -0.2) is 77.0 Å². The molecule has 0 bridgehead atoms. The van der Waals surface area contributed by atoms with E-state index in [-0.39, 0.29) is 40.8 Å². The maximum absolute atomic E-state index is 12.7. The highest BCUT2D eigenvalue weighted by atomic mass is 16.6. The van der Waals surface area contributed by atoms with E-state index in [1.165, 1.54) is 0 Å². The van der Waals surface area contributed by atoms with Crippen LogP contribution in [0.3, 0.4) is 0 Å². The van der Waals surface area contributed by atoms with Gasteiger partial charge in [-0.25, -0.2) is 4.79 Å². The van der Waals surface area contributed by atoms with Crippen molar-refractivity contribution in [3.05, 3.63) is 23.3 Å². The summed E-state index contributed by atoms with van der Waals surface area (Å²) in [7, 11) is 0. The van der Waals surface area contributed by atoms with Crippen LogP contribution in [0.2, 0.25) is 5.82 Å². The molecule has 0 spiro atoms. The summed E-state index contributed by atoms with van der Waals surface area (Å²) < 4.78 is 11.3. The van der Waals surface area contributed by atoms with Gasteiger partial charge in [-0.05, 0) is 49.1 Å². The number of carboxylic acids is 1. The predicted molar refractivity (Wildman–Crippen MR) is 122 cm³/mol. The van der Waals surface area contributed by atoms with Crippen LogP contribution in [0.5, 0.6) is 11.5 Å². The van der Waals surface area contributed by atoms with E-state index < -0.39 is 12.7 Å². The van der Waals surface area contributed by atoms with Crippen molar-refractivity contribution >= 4 is 18.6 Å². The van der Waals surface area contributed by atoms with Gasteiger partial charge in [-0.15, -0.1) is 0 Å². The highest BCUT2D eigenvalue weighted by Crippen LogP contribution is 2.63. The standard InChI is InChI=1S/C23H33BN3O7/c25-7-8-26-14-3-1-13(2-4-14)9-20(28)27-11-15(12-27)33-19-6-5-16-17-10-18(17)24(31,32)34-22(16)21(19)23(29)30/h5-6,13-15,17-18,26,31-32H,1-4,7-12,25H2,(H,29,30)/q-1/p+1/t13?,14?,17-,18-/m1/s1. The minimum Gasteiger partial charge on any atom is -0.669 e. The summed E-state index contributed by atoms with van der Waals surface area (Å²) in [5.74, 6) is -1.08. The summed E-state index contributed by atoms with van der Waals surface area (Å²) in [5, 5.41) is 33.6. The molecule has 1 aromatic rings. The summed E-state index contributed by atoms with van der Waals surface area (Å²) >= 11 is 0. The Balaban J connectivity index is 1.15. The molecule has 186 valence electrons. The van der Waals surface area contributed by atoms with Gasteiger partial charge < -0.3 is 40.5 Å². The number of nitrogens with zero attached hydrogens (tertiary/aromatic N) is 1. The lowest BCUT2D eigenvalue weighted by Crippen LogP contribution is -2.56. The van der Waals surface area contributed by atoms with Crippen molar-refractivity contribution < 1.29 is 39.9 Å². The number of aromatic carboxylic acids is 1. The zero-order valence-electron chi connectivity index (χ0n) is 19.3. The minimum atomic E-state index is -3.08. The van der Waals surface area contributed by atoms with Crippen LogP contribution >= 0.6 is 0 Å². The Bertz CT molecular complexity index is 960. The van der Waals surface area contributed by atoms with E-state index in [0.717, 1.165) is 38.8 Å². The van der Waals surface area contributed by atoms with E-state index in [1.807, 2.05) is 0 Å². The molecule has 2 heterocycles. The molecule has 0 unspecified atom stereocenters. The van der Waals surface area contributed by atoms with E-state index >= 15 is 0 Å². The number of likely N-dealkylation sites (tertiary alicyclic amines) is 1. The van der Waals surface area contributed by atoms with Crippen molar-refractivity contribution in [2.75, 3.05) is 26.2 Å². The number of hydrogen-bond acceptors (Lipinski definition) is 7. The molecular weight excluding hydrogens is 441 g/mol. The first kappa shape index (κ1) is 23.4. The Morgan fingerprint density at radius 1 is 1.21 bits per heavy atom. The average Bonchev–Trinajstić information content (AvgIpc) is 3.57. The third-order valence-corrected chi connectivity index (χ3v) is 7.87. The fourth-order valence-corrected chi connectivity index (χ4v) is 5.76. The SMILES string of the molecule is [NH3+]CCNC1CCC(CC(=O)N2CC(Oc3ccc4c(c3C(=O)O)O[B-](O)(O)[C@@H]3C[C@H]43)C2)CC1. The van der Waals surface area contributed by atoms with Gasteiger partial charge in [0.1, 0.15) is 17.4 Å². The summed E-state index contributed by atoms with van der Waals surface area (Å²) in [6.45, 7) is -0.436. The van der Waals surface area contributed by atoms with E-state index in [0.29, 0.717) is 43.5 Å². The van der Waals surface area contributed by atoms with Gasteiger partial charge in [0.25, 0.3) is 0 Å². The number of amides is 1. The third kappa shape index (κ3) is 4.49. The van der Waals surface area contributed by atoms with Crippen LogP contribution in [0.1, 0.15) is 60.4 Å². The van der Waals surface area contributed by atoms with Gasteiger partial charge in [0.2, 0.25) is 5.91 Å². The fraction of sp³-hybridized carbons (Fsp3) is 0.652. The second kappa shape index (κ2) is 9.03. The number of rotatable bonds is 8. The Morgan fingerprint density at radius 3 is 2.62 bits per heavy atom. The van der Waals surface area contributed by atoms with Crippen molar-refractivity contribution in [1.82, 2.24) is 10.2 Å². The van der Waals surface area contributed by atoms with Crippen molar-refractivity contribution in [1.29, 1.82) is 0 Å². The molecule has 34 heavy (non-hydrogen) atoms. The van der Waals surface area contributed by atoms with E-state index in [4.69, 9.17) is 9.39 Å². The van der Waals surface area contributed by atoms with Gasteiger partial charge in [0.05, 0.1) is 25.4 Å². The molecular formula is C23H34BN3O7. The highest BCUT2D eigenvalue weighted by molar-refractivity contribution is 6.62. The van der Waals surface area contributed by atoms with Crippen molar-refractivity contribution in [3.8, 4) is 11.5 Å². The highest BCUT2D eigenvalue weighted by Gasteiger charge is 2.55. The van der Waals surface area contributed by atoms with E-state index in [1.54, 1.807) is 17.0 Å². The number of carboxylic acid groups (broad SMARTS) is 1. The molecule has 10 nitrogen and oxygen atoms in total. The number of hydrogen-bond donors (Lipinski definition) is 5. The van der Waals surface area contributed by atoms with Gasteiger partial charge >= 0.3 is 12.7 Å². The Hall–Kier alpha value is -2.34. The molecule has 5 rings (SSSR count). The molecule has 0 radical (unpaired) electrons. The van der Waals surface area contributed by atoms with E-state index in [9.17, 15) is 24.7 Å². The van der Waals surface area contributed by atoms with Gasteiger partial charge in [-0.3, -0.25) is 4.79 Å². The molecule has 3 fully saturated rings. The van der Waals surface area contributed by atoms with Crippen LogP contribution < -0.4 is 20.4 Å². The molecule has 1 amide bonds. The Labute approximate surface area is 198 Å². The molecule has 11 heteroatoms. The summed E-state index contributed by atoms with van der Waals surface area (Å²) in [5.41, 5.74) is 4.35. The third-order valence-electron chi connectivity index (χ3n) is 7.87. The number of quaternary nitrogens is 1. The number of benzene rings is 1. The molecule has 7 N–H and O–H groups in total. The summed E-state index contributed by atoms with van der Waals surface area (Å²) in [6.07, 6.45) is 5.08. The second-order valence-corrected chi connectivity index (χ2v) is 10.3. The van der Waals surface area contributed by atoms with Crippen LogP contribution in [0.15, 0.2) is 12.1 Å². The van der Waals surface area contributed by atoms with Crippen LogP contribution in [-0.2, 0) is 4.79 Å². The Kier molecular flexibility index (Phi) is 6.22. The van der Waals surface area contributed by atoms with Crippen molar-refractivity contribution in [2.45, 2.75) is 62.4 Å². The summed E-state index contributed by atoms with van der Waals surface area (Å²) in [6, 6.07) is 3.89. The Morgan fingerprint density at radius 2 is 1.94 bits per heavy atom.